The highest BCUT2D eigenvalue weighted by molar-refractivity contribution is 8.01. The van der Waals surface area contributed by atoms with E-state index in [9.17, 15) is 4.79 Å². The van der Waals surface area contributed by atoms with Crippen molar-refractivity contribution in [2.45, 2.75) is 31.4 Å². The lowest BCUT2D eigenvalue weighted by Gasteiger charge is -2.17. The van der Waals surface area contributed by atoms with Crippen molar-refractivity contribution in [2.75, 3.05) is 5.75 Å². The van der Waals surface area contributed by atoms with Gasteiger partial charge in [0.25, 0.3) is 0 Å². The maximum Gasteiger partial charge on any atom is 0.319 e. The second-order valence-corrected chi connectivity index (χ2v) is 4.81. The quantitative estimate of drug-likeness (QED) is 0.514. The molecule has 0 bridgehead atoms. The van der Waals surface area contributed by atoms with Gasteiger partial charge >= 0.3 is 5.97 Å². The molecule has 0 saturated carbocycles. The van der Waals surface area contributed by atoms with Crippen LogP contribution in [0.25, 0.3) is 0 Å². The molecule has 0 rings (SSSR count). The second kappa shape index (κ2) is 5.25. The van der Waals surface area contributed by atoms with E-state index in [1.807, 2.05) is 6.08 Å². The number of hydrogen-bond acceptors (Lipinski definition) is 2. The summed E-state index contributed by atoms with van der Waals surface area (Å²) in [7, 11) is 0. The second-order valence-electron chi connectivity index (χ2n) is 3.09. The van der Waals surface area contributed by atoms with Crippen LogP contribution in [0.5, 0.6) is 0 Å². The fraction of sp³-hybridized carbons (Fsp3) is 0.667. The van der Waals surface area contributed by atoms with Crippen LogP contribution in [0.3, 0.4) is 0 Å². The summed E-state index contributed by atoms with van der Waals surface area (Å²) in [4.78, 5) is 10.6. The molecule has 12 heavy (non-hydrogen) atoms. The minimum Gasteiger partial charge on any atom is -0.480 e. The van der Waals surface area contributed by atoms with Crippen molar-refractivity contribution in [1.82, 2.24) is 0 Å². The van der Waals surface area contributed by atoms with E-state index in [0.29, 0.717) is 0 Å². The smallest absolute Gasteiger partial charge is 0.319 e. The minimum atomic E-state index is -0.744. The molecular weight excluding hydrogens is 172 g/mol. The van der Waals surface area contributed by atoms with Crippen LogP contribution < -0.4 is 0 Å². The number of allylic oxidation sites excluding steroid dienone is 1. The van der Waals surface area contributed by atoms with E-state index >= 15 is 0 Å². The summed E-state index contributed by atoms with van der Waals surface area (Å²) in [5.41, 5.74) is 0. The van der Waals surface area contributed by atoms with Gasteiger partial charge in [0.2, 0.25) is 0 Å². The molecule has 0 amide bonds. The van der Waals surface area contributed by atoms with Crippen molar-refractivity contribution < 1.29 is 9.90 Å². The first kappa shape index (κ1) is 11.6. The molecule has 0 aromatic heterocycles. The molecule has 0 aromatic rings. The molecule has 0 unspecified atom stereocenters. The average Bonchev–Trinajstić information content (AvgIpc) is 1.98. The van der Waals surface area contributed by atoms with Crippen molar-refractivity contribution in [1.29, 1.82) is 0 Å². The van der Waals surface area contributed by atoms with E-state index in [2.05, 4.69) is 6.58 Å². The lowest BCUT2D eigenvalue weighted by atomic mass is 10.2. The number of carboxylic acid groups (broad SMARTS) is 1. The van der Waals surface area contributed by atoms with E-state index < -0.39 is 10.7 Å². The van der Waals surface area contributed by atoms with Crippen molar-refractivity contribution in [2.24, 2.45) is 0 Å². The molecule has 0 fully saturated rings. The Morgan fingerprint density at radius 1 is 1.67 bits per heavy atom. The summed E-state index contributed by atoms with van der Waals surface area (Å²) in [5.74, 6) is 0.136. The zero-order valence-electron chi connectivity index (χ0n) is 7.67. The minimum absolute atomic E-state index is 0.652. The van der Waals surface area contributed by atoms with Gasteiger partial charge in [-0.2, -0.15) is 0 Å². The monoisotopic (exact) mass is 188 g/mol. The van der Waals surface area contributed by atoms with Crippen LogP contribution in [0.15, 0.2) is 12.7 Å². The van der Waals surface area contributed by atoms with Crippen LogP contribution >= 0.6 is 11.8 Å². The summed E-state index contributed by atoms with van der Waals surface area (Å²) in [6, 6.07) is 0. The predicted molar refractivity (Wildman–Crippen MR) is 53.6 cm³/mol. The van der Waals surface area contributed by atoms with Crippen LogP contribution in [0, 0.1) is 0 Å². The average molecular weight is 188 g/mol. The zero-order chi connectivity index (χ0) is 9.61. The molecule has 0 saturated heterocycles. The highest BCUT2D eigenvalue weighted by atomic mass is 32.2. The topological polar surface area (TPSA) is 37.3 Å². The lowest BCUT2D eigenvalue weighted by molar-refractivity contribution is -0.138. The normalized spacial score (nSPS) is 11.2. The number of carboxylic acids is 1. The van der Waals surface area contributed by atoms with Crippen LogP contribution in [0.1, 0.15) is 26.7 Å². The standard InChI is InChI=1S/C9H16O2S/c1-4-5-6-7-12-9(2,3)8(10)11/h4H,1,5-7H2,2-3H3,(H,10,11). The molecule has 1 N–H and O–H groups in total. The number of hydrogen-bond donors (Lipinski definition) is 1. The van der Waals surface area contributed by atoms with Crippen molar-refractivity contribution >= 4 is 17.7 Å². The Labute approximate surface area is 78.0 Å². The molecule has 0 aromatic carbocycles. The molecule has 2 nitrogen and oxygen atoms in total. The van der Waals surface area contributed by atoms with E-state index in [1.54, 1.807) is 13.8 Å². The van der Waals surface area contributed by atoms with Crippen LogP contribution in [-0.4, -0.2) is 21.6 Å². The molecule has 0 aliphatic carbocycles. The number of unbranched alkanes of at least 4 members (excludes halogenated alkanes) is 1. The molecule has 0 spiro atoms. The van der Waals surface area contributed by atoms with Gasteiger partial charge in [0.15, 0.2) is 0 Å². The third-order valence-electron chi connectivity index (χ3n) is 1.53. The van der Waals surface area contributed by atoms with E-state index in [1.165, 1.54) is 11.8 Å². The van der Waals surface area contributed by atoms with Crippen molar-refractivity contribution in [3.05, 3.63) is 12.7 Å². The fourth-order valence-electron chi connectivity index (χ4n) is 0.617. The van der Waals surface area contributed by atoms with Gasteiger partial charge in [0, 0.05) is 0 Å². The Morgan fingerprint density at radius 3 is 2.67 bits per heavy atom. The number of carbonyl (C=O) groups is 1. The zero-order valence-corrected chi connectivity index (χ0v) is 8.49. The summed E-state index contributed by atoms with van der Waals surface area (Å²) >= 11 is 1.48. The first-order valence-corrected chi connectivity index (χ1v) is 4.97. The molecule has 70 valence electrons. The predicted octanol–water partition coefficient (Wildman–Crippen LogP) is 2.55. The third-order valence-corrected chi connectivity index (χ3v) is 2.92. The van der Waals surface area contributed by atoms with Gasteiger partial charge in [-0.1, -0.05) is 6.08 Å². The molecule has 0 aliphatic heterocycles. The third kappa shape index (κ3) is 4.44. The number of thioether (sulfide) groups is 1. The highest BCUT2D eigenvalue weighted by Crippen LogP contribution is 2.25. The Bertz CT molecular complexity index is 164. The first-order chi connectivity index (χ1) is 5.50. The Kier molecular flexibility index (Phi) is 5.06. The first-order valence-electron chi connectivity index (χ1n) is 3.99. The van der Waals surface area contributed by atoms with Gasteiger partial charge in [0.1, 0.15) is 4.75 Å². The molecule has 0 aliphatic rings. The van der Waals surface area contributed by atoms with Gasteiger partial charge in [-0.25, -0.2) is 0 Å². The Balaban J connectivity index is 3.61. The van der Waals surface area contributed by atoms with Crippen LogP contribution in [0.4, 0.5) is 0 Å². The summed E-state index contributed by atoms with van der Waals surface area (Å²) in [6.45, 7) is 7.06. The summed E-state index contributed by atoms with van der Waals surface area (Å²) < 4.78 is -0.652. The summed E-state index contributed by atoms with van der Waals surface area (Å²) in [5, 5.41) is 8.76. The molecule has 0 radical (unpaired) electrons. The highest BCUT2D eigenvalue weighted by Gasteiger charge is 2.26. The van der Waals surface area contributed by atoms with Gasteiger partial charge < -0.3 is 5.11 Å². The number of aliphatic carboxylic acids is 1. The van der Waals surface area contributed by atoms with Crippen LogP contribution in [0.2, 0.25) is 0 Å². The van der Waals surface area contributed by atoms with E-state index in [0.717, 1.165) is 18.6 Å². The van der Waals surface area contributed by atoms with Crippen LogP contribution in [-0.2, 0) is 4.79 Å². The molecule has 0 atom stereocenters. The largest absolute Gasteiger partial charge is 0.480 e. The Hall–Kier alpha value is -0.440. The van der Waals surface area contributed by atoms with E-state index in [-0.39, 0.29) is 0 Å². The molecule has 3 heteroatoms. The van der Waals surface area contributed by atoms with Gasteiger partial charge in [-0.05, 0) is 32.4 Å². The molecule has 0 heterocycles. The fourth-order valence-corrected chi connectivity index (χ4v) is 1.56. The van der Waals surface area contributed by atoms with Crippen molar-refractivity contribution in [3.63, 3.8) is 0 Å². The molecular formula is C9H16O2S. The van der Waals surface area contributed by atoms with Gasteiger partial charge in [0.05, 0.1) is 0 Å². The van der Waals surface area contributed by atoms with Gasteiger partial charge in [-0.3, -0.25) is 4.79 Å². The number of rotatable bonds is 6. The van der Waals surface area contributed by atoms with E-state index in [4.69, 9.17) is 5.11 Å². The maximum atomic E-state index is 10.6. The maximum absolute atomic E-state index is 10.6. The lowest BCUT2D eigenvalue weighted by Crippen LogP contribution is -2.27. The summed E-state index contributed by atoms with van der Waals surface area (Å²) in [6.07, 6.45) is 3.82. The SMILES string of the molecule is C=CCCCSC(C)(C)C(=O)O. The van der Waals surface area contributed by atoms with Crippen molar-refractivity contribution in [3.8, 4) is 0 Å². The van der Waals surface area contributed by atoms with Gasteiger partial charge in [-0.15, -0.1) is 18.3 Å². The Morgan fingerprint density at radius 2 is 2.25 bits per heavy atom.